The standard InChI is InChI=1S/C21H28N2O4S/c1-17-10-7-8-13-20(17)23(28(3,25)26)15-9-14-21(24)22-18(2)16-27-19-11-5-4-6-12-19/h4-8,10-13,18H,9,14-16H2,1-3H3,(H,22,24)/t18-/m1/s1. The number of carbonyl (C=O) groups excluding carboxylic acids is 1. The van der Waals surface area contributed by atoms with Gasteiger partial charge in [0.15, 0.2) is 0 Å². The molecule has 0 aliphatic carbocycles. The molecule has 0 heterocycles. The molecule has 0 unspecified atom stereocenters. The summed E-state index contributed by atoms with van der Waals surface area (Å²) in [5.41, 5.74) is 1.53. The first kappa shape index (κ1) is 21.8. The monoisotopic (exact) mass is 404 g/mol. The molecule has 0 bridgehead atoms. The van der Waals surface area contributed by atoms with Gasteiger partial charge in [0.1, 0.15) is 12.4 Å². The summed E-state index contributed by atoms with van der Waals surface area (Å²) < 4.78 is 31.3. The van der Waals surface area contributed by atoms with Gasteiger partial charge in [0.2, 0.25) is 15.9 Å². The molecule has 0 spiro atoms. The molecule has 0 radical (unpaired) electrons. The topological polar surface area (TPSA) is 75.7 Å². The van der Waals surface area contributed by atoms with Gasteiger partial charge < -0.3 is 10.1 Å². The van der Waals surface area contributed by atoms with Crippen LogP contribution in [0.4, 0.5) is 5.69 Å². The molecule has 0 saturated heterocycles. The van der Waals surface area contributed by atoms with Gasteiger partial charge in [-0.3, -0.25) is 9.10 Å². The number of nitrogens with zero attached hydrogens (tertiary/aromatic N) is 1. The van der Waals surface area contributed by atoms with E-state index < -0.39 is 10.0 Å². The van der Waals surface area contributed by atoms with E-state index in [1.807, 2.05) is 62.4 Å². The molecule has 0 aliphatic heterocycles. The quantitative estimate of drug-likeness (QED) is 0.660. The number of carbonyl (C=O) groups is 1. The summed E-state index contributed by atoms with van der Waals surface area (Å²) in [4.78, 5) is 12.2. The predicted octanol–water partition coefficient (Wildman–Crippen LogP) is 3.12. The smallest absolute Gasteiger partial charge is 0.232 e. The summed E-state index contributed by atoms with van der Waals surface area (Å²) in [5, 5.41) is 2.88. The van der Waals surface area contributed by atoms with Crippen LogP contribution in [-0.4, -0.2) is 39.8 Å². The van der Waals surface area contributed by atoms with E-state index in [0.717, 1.165) is 11.3 Å². The Hall–Kier alpha value is -2.54. The van der Waals surface area contributed by atoms with Crippen LogP contribution in [0.5, 0.6) is 5.75 Å². The van der Waals surface area contributed by atoms with Crippen molar-refractivity contribution in [3.05, 3.63) is 60.2 Å². The second kappa shape index (κ2) is 10.1. The van der Waals surface area contributed by atoms with Crippen molar-refractivity contribution in [2.24, 2.45) is 0 Å². The van der Waals surface area contributed by atoms with Gasteiger partial charge in [0.25, 0.3) is 0 Å². The van der Waals surface area contributed by atoms with Crippen molar-refractivity contribution in [2.45, 2.75) is 32.7 Å². The Morgan fingerprint density at radius 1 is 1.11 bits per heavy atom. The third-order valence-electron chi connectivity index (χ3n) is 4.20. The van der Waals surface area contributed by atoms with Gasteiger partial charge in [0.05, 0.1) is 18.0 Å². The fraction of sp³-hybridized carbons (Fsp3) is 0.381. The van der Waals surface area contributed by atoms with Crippen LogP contribution in [0.25, 0.3) is 0 Å². The normalized spacial score (nSPS) is 12.2. The van der Waals surface area contributed by atoms with E-state index in [-0.39, 0.29) is 24.9 Å². The second-order valence-electron chi connectivity index (χ2n) is 6.82. The zero-order chi connectivity index (χ0) is 20.6. The van der Waals surface area contributed by atoms with E-state index in [2.05, 4.69) is 5.32 Å². The average Bonchev–Trinajstić information content (AvgIpc) is 2.64. The molecule has 0 aromatic heterocycles. The van der Waals surface area contributed by atoms with Gasteiger partial charge in [0, 0.05) is 13.0 Å². The first-order valence-corrected chi connectivity index (χ1v) is 11.1. The van der Waals surface area contributed by atoms with E-state index in [9.17, 15) is 13.2 Å². The van der Waals surface area contributed by atoms with Gasteiger partial charge >= 0.3 is 0 Å². The highest BCUT2D eigenvalue weighted by molar-refractivity contribution is 7.92. The molecule has 0 saturated carbocycles. The lowest BCUT2D eigenvalue weighted by molar-refractivity contribution is -0.121. The van der Waals surface area contributed by atoms with Crippen LogP contribution in [0, 0.1) is 6.92 Å². The second-order valence-corrected chi connectivity index (χ2v) is 8.72. The summed E-state index contributed by atoms with van der Waals surface area (Å²) in [7, 11) is -3.42. The first-order chi connectivity index (χ1) is 13.3. The first-order valence-electron chi connectivity index (χ1n) is 9.28. The highest BCUT2D eigenvalue weighted by Gasteiger charge is 2.19. The predicted molar refractivity (Wildman–Crippen MR) is 112 cm³/mol. The number of hydrogen-bond acceptors (Lipinski definition) is 4. The summed E-state index contributed by atoms with van der Waals surface area (Å²) in [6.45, 7) is 4.37. The van der Waals surface area contributed by atoms with Crippen LogP contribution in [-0.2, 0) is 14.8 Å². The Kier molecular flexibility index (Phi) is 7.87. The number of benzene rings is 2. The van der Waals surface area contributed by atoms with Crippen molar-refractivity contribution >= 4 is 21.6 Å². The lowest BCUT2D eigenvalue weighted by atomic mass is 10.2. The number of hydrogen-bond donors (Lipinski definition) is 1. The molecule has 28 heavy (non-hydrogen) atoms. The molecular weight excluding hydrogens is 376 g/mol. The lowest BCUT2D eigenvalue weighted by Gasteiger charge is -2.24. The molecule has 1 N–H and O–H groups in total. The Morgan fingerprint density at radius 3 is 2.39 bits per heavy atom. The molecule has 152 valence electrons. The van der Waals surface area contributed by atoms with Gasteiger partial charge in [-0.1, -0.05) is 36.4 Å². The largest absolute Gasteiger partial charge is 0.491 e. The van der Waals surface area contributed by atoms with Crippen molar-refractivity contribution in [3.63, 3.8) is 0 Å². The average molecular weight is 405 g/mol. The maximum atomic E-state index is 12.2. The minimum Gasteiger partial charge on any atom is -0.491 e. The lowest BCUT2D eigenvalue weighted by Crippen LogP contribution is -2.37. The van der Waals surface area contributed by atoms with Crippen molar-refractivity contribution in [2.75, 3.05) is 23.7 Å². The van der Waals surface area contributed by atoms with Crippen molar-refractivity contribution < 1.29 is 17.9 Å². The van der Waals surface area contributed by atoms with E-state index in [4.69, 9.17) is 4.74 Å². The van der Waals surface area contributed by atoms with Crippen LogP contribution in [0.15, 0.2) is 54.6 Å². The van der Waals surface area contributed by atoms with E-state index in [1.165, 1.54) is 10.6 Å². The Balaban J connectivity index is 1.81. The summed E-state index contributed by atoms with van der Waals surface area (Å²) >= 11 is 0. The number of ether oxygens (including phenoxy) is 1. The summed E-state index contributed by atoms with van der Waals surface area (Å²) in [6.07, 6.45) is 1.86. The molecule has 0 fully saturated rings. The molecule has 2 rings (SSSR count). The maximum Gasteiger partial charge on any atom is 0.232 e. The number of rotatable bonds is 10. The van der Waals surface area contributed by atoms with Crippen LogP contribution in [0.1, 0.15) is 25.3 Å². The van der Waals surface area contributed by atoms with Gasteiger partial charge in [-0.05, 0) is 44.0 Å². The highest BCUT2D eigenvalue weighted by Crippen LogP contribution is 2.22. The number of para-hydroxylation sites is 2. The molecule has 7 heteroatoms. The number of amides is 1. The number of aryl methyl sites for hydroxylation is 1. The van der Waals surface area contributed by atoms with E-state index >= 15 is 0 Å². The van der Waals surface area contributed by atoms with Crippen molar-refractivity contribution in [3.8, 4) is 5.75 Å². The molecule has 6 nitrogen and oxygen atoms in total. The van der Waals surface area contributed by atoms with Crippen LogP contribution < -0.4 is 14.4 Å². The molecular formula is C21H28N2O4S. The molecule has 1 amide bonds. The third-order valence-corrected chi connectivity index (χ3v) is 5.38. The number of nitrogens with one attached hydrogen (secondary N) is 1. The van der Waals surface area contributed by atoms with E-state index in [1.54, 1.807) is 6.07 Å². The number of anilines is 1. The summed E-state index contributed by atoms with van der Waals surface area (Å²) in [5.74, 6) is 0.632. The minimum atomic E-state index is -3.42. The van der Waals surface area contributed by atoms with Gasteiger partial charge in [-0.25, -0.2) is 8.42 Å². The van der Waals surface area contributed by atoms with Crippen LogP contribution in [0.2, 0.25) is 0 Å². The zero-order valence-corrected chi connectivity index (χ0v) is 17.4. The Morgan fingerprint density at radius 2 is 1.75 bits per heavy atom. The maximum absolute atomic E-state index is 12.2. The van der Waals surface area contributed by atoms with Crippen LogP contribution in [0.3, 0.4) is 0 Å². The highest BCUT2D eigenvalue weighted by atomic mass is 32.2. The molecule has 1 atom stereocenters. The van der Waals surface area contributed by atoms with Gasteiger partial charge in [-0.2, -0.15) is 0 Å². The zero-order valence-electron chi connectivity index (χ0n) is 16.6. The Bertz CT molecular complexity index is 869. The molecule has 2 aromatic rings. The number of sulfonamides is 1. The molecule has 2 aromatic carbocycles. The fourth-order valence-corrected chi connectivity index (χ4v) is 3.84. The SMILES string of the molecule is Cc1ccccc1N(CCCC(=O)N[C@H](C)COc1ccccc1)S(C)(=O)=O. The van der Waals surface area contributed by atoms with Gasteiger partial charge in [-0.15, -0.1) is 0 Å². The van der Waals surface area contributed by atoms with Crippen LogP contribution >= 0.6 is 0 Å². The van der Waals surface area contributed by atoms with E-state index in [0.29, 0.717) is 18.7 Å². The minimum absolute atomic E-state index is 0.123. The van der Waals surface area contributed by atoms with Crippen molar-refractivity contribution in [1.29, 1.82) is 0 Å². The van der Waals surface area contributed by atoms with Crippen molar-refractivity contribution in [1.82, 2.24) is 5.32 Å². The Labute approximate surface area is 167 Å². The summed E-state index contributed by atoms with van der Waals surface area (Å²) in [6, 6.07) is 16.6. The fourth-order valence-electron chi connectivity index (χ4n) is 2.82. The third kappa shape index (κ3) is 6.88. The molecule has 0 aliphatic rings.